The van der Waals surface area contributed by atoms with Crippen molar-refractivity contribution in [2.75, 3.05) is 0 Å². The molecule has 2 aromatic heterocycles. The normalized spacial score (nSPS) is 14.4. The Balaban J connectivity index is 1.92. The zero-order valence-corrected chi connectivity index (χ0v) is 12.4. The number of pyridine rings is 1. The van der Waals surface area contributed by atoms with Crippen molar-refractivity contribution in [1.82, 2.24) is 20.1 Å². The van der Waals surface area contributed by atoms with Gasteiger partial charge < -0.3 is 5.32 Å². The predicted molar refractivity (Wildman–Crippen MR) is 77.2 cm³/mol. The van der Waals surface area contributed by atoms with Crippen LogP contribution in [0.4, 0.5) is 8.78 Å². The van der Waals surface area contributed by atoms with Crippen molar-refractivity contribution in [1.29, 1.82) is 0 Å². The number of halogens is 2. The molecule has 114 valence electrons. The van der Waals surface area contributed by atoms with Crippen LogP contribution in [0.15, 0.2) is 30.7 Å². The highest BCUT2D eigenvalue weighted by molar-refractivity contribution is 5.18. The van der Waals surface area contributed by atoms with E-state index in [1.165, 1.54) is 12.3 Å². The van der Waals surface area contributed by atoms with Crippen LogP contribution in [0.25, 0.3) is 0 Å². The molecule has 2 unspecified atom stereocenters. The molecule has 0 aliphatic carbocycles. The summed E-state index contributed by atoms with van der Waals surface area (Å²) in [5.74, 6) is 0. The van der Waals surface area contributed by atoms with Crippen molar-refractivity contribution in [2.24, 2.45) is 0 Å². The average molecular weight is 294 g/mol. The van der Waals surface area contributed by atoms with Gasteiger partial charge in [-0.1, -0.05) is 6.07 Å². The lowest BCUT2D eigenvalue weighted by molar-refractivity contribution is 0.146. The standard InChI is InChI=1S/C15H20F2N4/c1-10-6-19-21(8-10)9-11(2)20-12(3)13-4-5-14(15(16)17)18-7-13/h4-8,11-12,15,20H,9H2,1-3H3. The van der Waals surface area contributed by atoms with E-state index in [-0.39, 0.29) is 17.8 Å². The van der Waals surface area contributed by atoms with E-state index in [1.807, 2.05) is 30.9 Å². The van der Waals surface area contributed by atoms with E-state index < -0.39 is 6.43 Å². The largest absolute Gasteiger partial charge is 0.306 e. The SMILES string of the molecule is Cc1cnn(CC(C)NC(C)c2ccc(C(F)F)nc2)c1. The molecule has 0 aliphatic heterocycles. The molecule has 2 aromatic rings. The van der Waals surface area contributed by atoms with Gasteiger partial charge in [-0.15, -0.1) is 0 Å². The molecule has 0 amide bonds. The van der Waals surface area contributed by atoms with Crippen LogP contribution in [0.2, 0.25) is 0 Å². The van der Waals surface area contributed by atoms with Gasteiger partial charge in [0, 0.05) is 24.5 Å². The van der Waals surface area contributed by atoms with Gasteiger partial charge >= 0.3 is 0 Å². The smallest absolute Gasteiger partial charge is 0.280 e. The zero-order valence-electron chi connectivity index (χ0n) is 12.4. The number of hydrogen-bond acceptors (Lipinski definition) is 3. The molecule has 0 saturated heterocycles. The molecule has 1 N–H and O–H groups in total. The van der Waals surface area contributed by atoms with Gasteiger partial charge in [-0.2, -0.15) is 5.10 Å². The summed E-state index contributed by atoms with van der Waals surface area (Å²) in [6.45, 7) is 6.81. The minimum atomic E-state index is -2.52. The van der Waals surface area contributed by atoms with Gasteiger partial charge in [-0.05, 0) is 38.0 Å². The highest BCUT2D eigenvalue weighted by Crippen LogP contribution is 2.18. The van der Waals surface area contributed by atoms with Gasteiger partial charge in [0.25, 0.3) is 6.43 Å². The molecule has 0 fully saturated rings. The van der Waals surface area contributed by atoms with Gasteiger partial charge in [0.05, 0.1) is 12.7 Å². The maximum Gasteiger partial charge on any atom is 0.280 e. The van der Waals surface area contributed by atoms with Crippen LogP contribution in [-0.4, -0.2) is 20.8 Å². The number of aryl methyl sites for hydroxylation is 1. The average Bonchev–Trinajstić information content (AvgIpc) is 2.83. The lowest BCUT2D eigenvalue weighted by Gasteiger charge is -2.20. The van der Waals surface area contributed by atoms with Crippen molar-refractivity contribution in [3.05, 3.63) is 47.5 Å². The summed E-state index contributed by atoms with van der Waals surface area (Å²) >= 11 is 0. The lowest BCUT2D eigenvalue weighted by Crippen LogP contribution is -2.32. The van der Waals surface area contributed by atoms with Crippen molar-refractivity contribution in [2.45, 2.75) is 45.8 Å². The first-order valence-electron chi connectivity index (χ1n) is 6.95. The summed E-state index contributed by atoms with van der Waals surface area (Å²) in [7, 11) is 0. The Morgan fingerprint density at radius 3 is 2.52 bits per heavy atom. The van der Waals surface area contributed by atoms with Crippen molar-refractivity contribution in [3.63, 3.8) is 0 Å². The van der Waals surface area contributed by atoms with E-state index in [0.29, 0.717) is 0 Å². The molecule has 0 spiro atoms. The van der Waals surface area contributed by atoms with Gasteiger partial charge in [-0.3, -0.25) is 9.67 Å². The summed E-state index contributed by atoms with van der Waals surface area (Å²) in [5.41, 5.74) is 1.83. The molecule has 0 aliphatic rings. The molecular formula is C15H20F2N4. The third-order valence-electron chi connectivity index (χ3n) is 3.29. The number of rotatable bonds is 6. The molecule has 2 atom stereocenters. The summed E-state index contributed by atoms with van der Waals surface area (Å²) in [6, 6.07) is 3.31. The fourth-order valence-corrected chi connectivity index (χ4v) is 2.23. The quantitative estimate of drug-likeness (QED) is 0.889. The molecule has 0 radical (unpaired) electrons. The second-order valence-electron chi connectivity index (χ2n) is 5.35. The van der Waals surface area contributed by atoms with Crippen LogP contribution >= 0.6 is 0 Å². The second kappa shape index (κ2) is 6.76. The molecular weight excluding hydrogens is 274 g/mol. The van der Waals surface area contributed by atoms with E-state index in [0.717, 1.165) is 17.7 Å². The number of alkyl halides is 2. The zero-order chi connectivity index (χ0) is 15.4. The van der Waals surface area contributed by atoms with Gasteiger partial charge in [0.15, 0.2) is 0 Å². The van der Waals surface area contributed by atoms with Crippen LogP contribution in [-0.2, 0) is 6.54 Å². The Hall–Kier alpha value is -1.82. The topological polar surface area (TPSA) is 42.7 Å². The van der Waals surface area contributed by atoms with E-state index in [4.69, 9.17) is 0 Å². The molecule has 21 heavy (non-hydrogen) atoms. The fourth-order valence-electron chi connectivity index (χ4n) is 2.23. The van der Waals surface area contributed by atoms with Crippen LogP contribution in [0, 0.1) is 6.92 Å². The highest BCUT2D eigenvalue weighted by atomic mass is 19.3. The Bertz CT molecular complexity index is 565. The minimum absolute atomic E-state index is 0.0379. The predicted octanol–water partition coefficient (Wildman–Crippen LogP) is 3.26. The first kappa shape index (κ1) is 15.6. The number of nitrogens with zero attached hydrogens (tertiary/aromatic N) is 3. The first-order valence-corrected chi connectivity index (χ1v) is 6.95. The molecule has 0 aromatic carbocycles. The Kier molecular flexibility index (Phi) is 5.01. The van der Waals surface area contributed by atoms with Gasteiger partial charge in [0.2, 0.25) is 0 Å². The van der Waals surface area contributed by atoms with E-state index in [2.05, 4.69) is 22.3 Å². The van der Waals surface area contributed by atoms with Crippen LogP contribution in [0.5, 0.6) is 0 Å². The molecule has 0 bridgehead atoms. The minimum Gasteiger partial charge on any atom is -0.306 e. The van der Waals surface area contributed by atoms with Gasteiger partial charge in [0.1, 0.15) is 5.69 Å². The third kappa shape index (κ3) is 4.32. The first-order chi connectivity index (χ1) is 9.95. The monoisotopic (exact) mass is 294 g/mol. The Labute approximate surface area is 123 Å². The van der Waals surface area contributed by atoms with Gasteiger partial charge in [-0.25, -0.2) is 8.78 Å². The maximum absolute atomic E-state index is 12.5. The van der Waals surface area contributed by atoms with Crippen LogP contribution in [0.1, 0.15) is 43.1 Å². The molecule has 0 saturated carbocycles. The molecule has 4 nitrogen and oxygen atoms in total. The fraction of sp³-hybridized carbons (Fsp3) is 0.467. The van der Waals surface area contributed by atoms with E-state index >= 15 is 0 Å². The second-order valence-corrected chi connectivity index (χ2v) is 5.35. The van der Waals surface area contributed by atoms with Crippen molar-refractivity contribution >= 4 is 0 Å². The van der Waals surface area contributed by atoms with Crippen molar-refractivity contribution in [3.8, 4) is 0 Å². The maximum atomic E-state index is 12.5. The van der Waals surface area contributed by atoms with E-state index in [1.54, 1.807) is 6.07 Å². The molecule has 2 rings (SSSR count). The summed E-state index contributed by atoms with van der Waals surface area (Å²) in [6.07, 6.45) is 2.79. The Morgan fingerprint density at radius 2 is 2.00 bits per heavy atom. The molecule has 2 heterocycles. The summed E-state index contributed by atoms with van der Waals surface area (Å²) < 4.78 is 26.8. The van der Waals surface area contributed by atoms with E-state index in [9.17, 15) is 8.78 Å². The van der Waals surface area contributed by atoms with Crippen molar-refractivity contribution < 1.29 is 8.78 Å². The summed E-state index contributed by atoms with van der Waals surface area (Å²) in [4.78, 5) is 3.79. The Morgan fingerprint density at radius 1 is 1.24 bits per heavy atom. The van der Waals surface area contributed by atoms with Crippen LogP contribution in [0.3, 0.4) is 0 Å². The molecule has 6 heteroatoms. The number of aromatic nitrogens is 3. The lowest BCUT2D eigenvalue weighted by atomic mass is 10.1. The third-order valence-corrected chi connectivity index (χ3v) is 3.29. The summed E-state index contributed by atoms with van der Waals surface area (Å²) in [5, 5.41) is 7.66. The highest BCUT2D eigenvalue weighted by Gasteiger charge is 2.13. The number of hydrogen-bond donors (Lipinski definition) is 1. The van der Waals surface area contributed by atoms with Crippen LogP contribution < -0.4 is 5.32 Å². The number of nitrogens with one attached hydrogen (secondary N) is 1.